The van der Waals surface area contributed by atoms with Gasteiger partial charge in [-0.25, -0.2) is 13.2 Å². The van der Waals surface area contributed by atoms with E-state index in [1.807, 2.05) is 33.8 Å². The van der Waals surface area contributed by atoms with Gasteiger partial charge >= 0.3 is 6.09 Å². The average Bonchev–Trinajstić information content (AvgIpc) is 2.52. The maximum Gasteiger partial charge on any atom is 0.410 e. The van der Waals surface area contributed by atoms with Crippen LogP contribution in [0.1, 0.15) is 46.1 Å². The maximum absolute atomic E-state index is 13.0. The maximum atomic E-state index is 13.0. The summed E-state index contributed by atoms with van der Waals surface area (Å²) in [5, 5.41) is -0.542. The molecule has 1 heterocycles. The van der Waals surface area contributed by atoms with Crippen LogP contribution in [0.15, 0.2) is 29.2 Å². The van der Waals surface area contributed by atoms with Gasteiger partial charge in [0.05, 0.1) is 10.1 Å². The molecule has 140 valence electrons. The highest BCUT2D eigenvalue weighted by Crippen LogP contribution is 2.29. The molecule has 2 rings (SSSR count). The van der Waals surface area contributed by atoms with Crippen LogP contribution in [0.25, 0.3) is 0 Å². The summed E-state index contributed by atoms with van der Waals surface area (Å²) >= 11 is 0. The summed E-state index contributed by atoms with van der Waals surface area (Å²) in [7, 11) is -3.42. The largest absolute Gasteiger partial charge is 0.444 e. The van der Waals surface area contributed by atoms with Gasteiger partial charge in [0.15, 0.2) is 9.84 Å². The van der Waals surface area contributed by atoms with Gasteiger partial charge in [-0.2, -0.15) is 0 Å². The topological polar surface area (TPSA) is 63.7 Å². The number of ether oxygens (including phenoxy) is 1. The Labute approximate surface area is 151 Å². The van der Waals surface area contributed by atoms with E-state index in [9.17, 15) is 13.2 Å². The second-order valence-corrected chi connectivity index (χ2v) is 10.2. The number of sulfone groups is 1. The van der Waals surface area contributed by atoms with Crippen molar-refractivity contribution < 1.29 is 17.9 Å². The number of nitrogens with zero attached hydrogens (tertiary/aromatic N) is 1. The van der Waals surface area contributed by atoms with Gasteiger partial charge in [-0.1, -0.05) is 12.1 Å². The molecule has 1 amide bonds. The van der Waals surface area contributed by atoms with Gasteiger partial charge < -0.3 is 9.64 Å². The van der Waals surface area contributed by atoms with E-state index < -0.39 is 20.7 Å². The minimum Gasteiger partial charge on any atom is -0.444 e. The molecule has 5 nitrogen and oxygen atoms in total. The van der Waals surface area contributed by atoms with E-state index >= 15 is 0 Å². The highest BCUT2D eigenvalue weighted by atomic mass is 32.2. The molecule has 2 unspecified atom stereocenters. The lowest BCUT2D eigenvalue weighted by molar-refractivity contribution is 0.0166. The van der Waals surface area contributed by atoms with E-state index in [4.69, 9.17) is 4.74 Å². The molecule has 1 aliphatic heterocycles. The van der Waals surface area contributed by atoms with Crippen LogP contribution in [0.2, 0.25) is 0 Å². The van der Waals surface area contributed by atoms with Crippen molar-refractivity contribution in [2.24, 2.45) is 5.92 Å². The molecule has 1 aromatic carbocycles. The molecule has 0 spiro atoms. The third kappa shape index (κ3) is 4.97. The fourth-order valence-corrected chi connectivity index (χ4v) is 4.92. The molecular formula is C19H29NO4S. The third-order valence-corrected chi connectivity index (χ3v) is 6.86. The SMILES string of the molecule is Cc1cccc(S(=O)(=O)C(C)C2CCCN(C(=O)OC(C)(C)C)C2)c1. The number of likely N-dealkylation sites (tertiary alicyclic amines) is 1. The standard InChI is InChI=1S/C19H29NO4S/c1-14-8-6-10-17(12-14)25(22,23)15(2)16-9-7-11-20(13-16)18(21)24-19(3,4)5/h6,8,10,12,15-16H,7,9,11,13H2,1-5H3. The first-order valence-corrected chi connectivity index (χ1v) is 10.3. The van der Waals surface area contributed by atoms with Crippen molar-refractivity contribution in [2.75, 3.05) is 13.1 Å². The summed E-state index contributed by atoms with van der Waals surface area (Å²) in [5.74, 6) is -0.0909. The lowest BCUT2D eigenvalue weighted by Crippen LogP contribution is -2.46. The van der Waals surface area contributed by atoms with E-state index in [-0.39, 0.29) is 12.0 Å². The average molecular weight is 368 g/mol. The normalized spacial score (nSPS) is 20.2. The van der Waals surface area contributed by atoms with Crippen LogP contribution in [0.3, 0.4) is 0 Å². The van der Waals surface area contributed by atoms with Crippen LogP contribution >= 0.6 is 0 Å². The number of hydrogen-bond donors (Lipinski definition) is 0. The minimum atomic E-state index is -3.42. The zero-order valence-electron chi connectivity index (χ0n) is 15.8. The molecule has 1 fully saturated rings. The number of benzene rings is 1. The molecule has 2 atom stereocenters. The lowest BCUT2D eigenvalue weighted by atomic mass is 9.95. The van der Waals surface area contributed by atoms with E-state index in [1.54, 1.807) is 30.0 Å². The van der Waals surface area contributed by atoms with E-state index in [0.717, 1.165) is 18.4 Å². The van der Waals surface area contributed by atoms with Crippen molar-refractivity contribution in [3.8, 4) is 0 Å². The van der Waals surface area contributed by atoms with Gasteiger partial charge in [-0.3, -0.25) is 0 Å². The number of hydrogen-bond acceptors (Lipinski definition) is 4. The van der Waals surface area contributed by atoms with Crippen LogP contribution in [0.4, 0.5) is 4.79 Å². The molecule has 0 aliphatic carbocycles. The summed E-state index contributed by atoms with van der Waals surface area (Å²) in [6.45, 7) is 10.2. The Balaban J connectivity index is 2.13. The molecule has 6 heteroatoms. The highest BCUT2D eigenvalue weighted by Gasteiger charge is 2.36. The zero-order chi connectivity index (χ0) is 18.8. The van der Waals surface area contributed by atoms with Crippen LogP contribution in [0, 0.1) is 12.8 Å². The summed E-state index contributed by atoms with van der Waals surface area (Å²) in [6.07, 6.45) is 1.22. The number of carbonyl (C=O) groups excluding carboxylic acids is 1. The second-order valence-electron chi connectivity index (χ2n) is 7.90. The molecule has 0 bridgehead atoms. The number of rotatable bonds is 3. The highest BCUT2D eigenvalue weighted by molar-refractivity contribution is 7.92. The zero-order valence-corrected chi connectivity index (χ0v) is 16.6. The van der Waals surface area contributed by atoms with Crippen molar-refractivity contribution in [1.29, 1.82) is 0 Å². The van der Waals surface area contributed by atoms with Crippen molar-refractivity contribution in [3.63, 3.8) is 0 Å². The molecule has 0 aromatic heterocycles. The number of piperidine rings is 1. The van der Waals surface area contributed by atoms with Gasteiger partial charge in [0.25, 0.3) is 0 Å². The first-order chi connectivity index (χ1) is 11.5. The van der Waals surface area contributed by atoms with Crippen molar-refractivity contribution in [3.05, 3.63) is 29.8 Å². The van der Waals surface area contributed by atoms with E-state index in [2.05, 4.69) is 0 Å². The predicted molar refractivity (Wildman–Crippen MR) is 98.4 cm³/mol. The van der Waals surface area contributed by atoms with Crippen molar-refractivity contribution in [2.45, 2.75) is 63.2 Å². The van der Waals surface area contributed by atoms with Gasteiger partial charge in [-0.05, 0) is 71.1 Å². The van der Waals surface area contributed by atoms with Crippen LogP contribution in [0.5, 0.6) is 0 Å². The molecule has 25 heavy (non-hydrogen) atoms. The first kappa shape index (κ1) is 19.8. The van der Waals surface area contributed by atoms with Crippen molar-refractivity contribution in [1.82, 2.24) is 4.90 Å². The Bertz CT molecular complexity index is 721. The minimum absolute atomic E-state index is 0.0909. The number of aryl methyl sites for hydroxylation is 1. The summed E-state index contributed by atoms with van der Waals surface area (Å²) < 4.78 is 31.3. The third-order valence-electron chi connectivity index (χ3n) is 4.58. The molecule has 1 aliphatic rings. The van der Waals surface area contributed by atoms with Gasteiger partial charge in [0.2, 0.25) is 0 Å². The molecular weight excluding hydrogens is 338 g/mol. The Morgan fingerprint density at radius 1 is 1.32 bits per heavy atom. The second kappa shape index (κ2) is 7.36. The van der Waals surface area contributed by atoms with Gasteiger partial charge in [0.1, 0.15) is 5.60 Å². The molecule has 0 radical (unpaired) electrons. The number of amides is 1. The first-order valence-electron chi connectivity index (χ1n) is 8.79. The Morgan fingerprint density at radius 2 is 2.00 bits per heavy atom. The molecule has 1 saturated heterocycles. The predicted octanol–water partition coefficient (Wildman–Crippen LogP) is 3.80. The fourth-order valence-electron chi connectivity index (χ4n) is 3.15. The van der Waals surface area contributed by atoms with Crippen LogP contribution in [-0.2, 0) is 14.6 Å². The molecule has 0 N–H and O–H groups in total. The summed E-state index contributed by atoms with van der Waals surface area (Å²) in [6, 6.07) is 7.00. The Hall–Kier alpha value is -1.56. The Morgan fingerprint density at radius 3 is 2.60 bits per heavy atom. The van der Waals surface area contributed by atoms with Gasteiger partial charge in [-0.15, -0.1) is 0 Å². The monoisotopic (exact) mass is 367 g/mol. The molecule has 1 aromatic rings. The van der Waals surface area contributed by atoms with E-state index in [1.165, 1.54) is 0 Å². The van der Waals surface area contributed by atoms with Crippen molar-refractivity contribution >= 4 is 15.9 Å². The lowest BCUT2D eigenvalue weighted by Gasteiger charge is -2.36. The quantitative estimate of drug-likeness (QED) is 0.815. The number of carbonyl (C=O) groups is 1. The van der Waals surface area contributed by atoms with E-state index in [0.29, 0.717) is 18.0 Å². The smallest absolute Gasteiger partial charge is 0.410 e. The summed E-state index contributed by atoms with van der Waals surface area (Å²) in [5.41, 5.74) is 0.371. The van der Waals surface area contributed by atoms with Crippen LogP contribution < -0.4 is 0 Å². The van der Waals surface area contributed by atoms with Crippen LogP contribution in [-0.4, -0.2) is 43.4 Å². The summed E-state index contributed by atoms with van der Waals surface area (Å²) in [4.78, 5) is 14.3. The van der Waals surface area contributed by atoms with Gasteiger partial charge in [0, 0.05) is 13.1 Å². The Kier molecular flexibility index (Phi) is 5.82. The fraction of sp³-hybridized carbons (Fsp3) is 0.632. The molecule has 0 saturated carbocycles.